The van der Waals surface area contributed by atoms with E-state index in [-0.39, 0.29) is 18.3 Å². The number of anilines is 1. The van der Waals surface area contributed by atoms with Crippen LogP contribution < -0.4 is 21.5 Å². The number of benzene rings is 1. The van der Waals surface area contributed by atoms with Crippen molar-refractivity contribution in [3.05, 3.63) is 28.7 Å². The van der Waals surface area contributed by atoms with E-state index in [0.717, 1.165) is 6.42 Å². The first-order valence-electron chi connectivity index (χ1n) is 7.55. The van der Waals surface area contributed by atoms with Crippen LogP contribution in [0.25, 0.3) is 10.9 Å². The van der Waals surface area contributed by atoms with E-state index in [1.54, 1.807) is 18.2 Å². The lowest BCUT2D eigenvalue weighted by Crippen LogP contribution is -2.41. The molecule has 0 bridgehead atoms. The second-order valence-electron chi connectivity index (χ2n) is 6.03. The Morgan fingerprint density at radius 1 is 1.43 bits per heavy atom. The Bertz CT molecular complexity index is 767. The Morgan fingerprint density at radius 2 is 2.17 bits per heavy atom. The van der Waals surface area contributed by atoms with Gasteiger partial charge in [-0.2, -0.15) is 4.98 Å². The van der Waals surface area contributed by atoms with Crippen molar-refractivity contribution in [2.24, 2.45) is 5.41 Å². The van der Waals surface area contributed by atoms with Gasteiger partial charge in [0.1, 0.15) is 18.2 Å². The number of aromatic amines is 1. The van der Waals surface area contributed by atoms with Crippen molar-refractivity contribution in [2.45, 2.75) is 27.2 Å². The van der Waals surface area contributed by atoms with Crippen molar-refractivity contribution >= 4 is 22.6 Å². The lowest BCUT2D eigenvalue weighted by atomic mass is 9.93. The Labute approximate surface area is 134 Å². The molecule has 0 unspecified atom stereocenters. The number of nitrogens with one attached hydrogen (secondary N) is 2. The highest BCUT2D eigenvalue weighted by atomic mass is 16.5. The number of carbonyl (C=O) groups is 1. The van der Waals surface area contributed by atoms with E-state index in [1.165, 1.54) is 0 Å². The summed E-state index contributed by atoms with van der Waals surface area (Å²) in [6, 6.07) is 5.21. The van der Waals surface area contributed by atoms with Crippen LogP contribution >= 0.6 is 0 Å². The van der Waals surface area contributed by atoms with Crippen LogP contribution in [0.5, 0.6) is 5.75 Å². The minimum atomic E-state index is -0.693. The Hall–Kier alpha value is -2.57. The monoisotopic (exact) mass is 318 g/mol. The summed E-state index contributed by atoms with van der Waals surface area (Å²) in [7, 11) is 0. The number of carbonyl (C=O) groups excluding carboxylic acids is 1. The quantitative estimate of drug-likeness (QED) is 0.746. The third-order valence-electron chi connectivity index (χ3n) is 3.48. The van der Waals surface area contributed by atoms with Gasteiger partial charge in [0.15, 0.2) is 0 Å². The Morgan fingerprint density at radius 3 is 2.87 bits per heavy atom. The van der Waals surface area contributed by atoms with Gasteiger partial charge in [-0.25, -0.2) is 4.79 Å². The molecule has 0 spiro atoms. The average molecular weight is 318 g/mol. The third kappa shape index (κ3) is 3.80. The van der Waals surface area contributed by atoms with Crippen molar-refractivity contribution in [1.82, 2.24) is 15.3 Å². The Balaban J connectivity index is 2.22. The third-order valence-corrected chi connectivity index (χ3v) is 3.48. The van der Waals surface area contributed by atoms with Gasteiger partial charge < -0.3 is 20.8 Å². The molecule has 0 atom stereocenters. The molecule has 0 aliphatic rings. The van der Waals surface area contributed by atoms with Crippen molar-refractivity contribution in [1.29, 1.82) is 0 Å². The molecule has 23 heavy (non-hydrogen) atoms. The first kappa shape index (κ1) is 16.8. The van der Waals surface area contributed by atoms with Gasteiger partial charge in [0.05, 0.1) is 16.3 Å². The van der Waals surface area contributed by atoms with Crippen molar-refractivity contribution in [2.75, 3.05) is 18.9 Å². The van der Waals surface area contributed by atoms with Crippen LogP contribution in [0.2, 0.25) is 0 Å². The molecular formula is C16H22N4O3. The standard InChI is InChI=1S/C16H22N4O3/c1-4-8-18-14(21)16(2,3)9-23-11-7-5-6-10-12(11)13(17)20-15(22)19-10/h5-7H,4,8-9H2,1-3H3,(H,18,21)(H3,17,19,20,22). The van der Waals surface area contributed by atoms with Crippen LogP contribution in [-0.2, 0) is 4.79 Å². The summed E-state index contributed by atoms with van der Waals surface area (Å²) in [5, 5.41) is 3.40. The second-order valence-corrected chi connectivity index (χ2v) is 6.03. The fraction of sp³-hybridized carbons (Fsp3) is 0.438. The zero-order valence-corrected chi connectivity index (χ0v) is 13.6. The number of nitrogens with two attached hydrogens (primary N) is 1. The zero-order valence-electron chi connectivity index (χ0n) is 13.6. The normalized spacial score (nSPS) is 11.4. The number of nitrogens with zero attached hydrogens (tertiary/aromatic N) is 1. The number of amides is 1. The van der Waals surface area contributed by atoms with E-state index >= 15 is 0 Å². The maximum Gasteiger partial charge on any atom is 0.347 e. The van der Waals surface area contributed by atoms with Gasteiger partial charge in [0.2, 0.25) is 5.91 Å². The molecule has 1 aromatic heterocycles. The fourth-order valence-electron chi connectivity index (χ4n) is 2.13. The van der Waals surface area contributed by atoms with Crippen LogP contribution in [0.1, 0.15) is 27.2 Å². The largest absolute Gasteiger partial charge is 0.492 e. The fourth-order valence-corrected chi connectivity index (χ4v) is 2.13. The molecule has 0 aliphatic carbocycles. The molecule has 0 aliphatic heterocycles. The van der Waals surface area contributed by atoms with Crippen molar-refractivity contribution < 1.29 is 9.53 Å². The van der Waals surface area contributed by atoms with Gasteiger partial charge in [-0.15, -0.1) is 0 Å². The molecule has 1 amide bonds. The van der Waals surface area contributed by atoms with Gasteiger partial charge in [0.25, 0.3) is 0 Å². The lowest BCUT2D eigenvalue weighted by Gasteiger charge is -2.24. The highest BCUT2D eigenvalue weighted by molar-refractivity contribution is 5.93. The molecule has 7 nitrogen and oxygen atoms in total. The molecule has 4 N–H and O–H groups in total. The number of hydrogen-bond donors (Lipinski definition) is 3. The maximum atomic E-state index is 12.1. The first-order valence-corrected chi connectivity index (χ1v) is 7.55. The number of fused-ring (bicyclic) bond motifs is 1. The minimum absolute atomic E-state index is 0.0703. The van der Waals surface area contributed by atoms with Gasteiger partial charge in [-0.05, 0) is 32.4 Å². The highest BCUT2D eigenvalue weighted by Gasteiger charge is 2.28. The number of ether oxygens (including phenoxy) is 1. The summed E-state index contributed by atoms with van der Waals surface area (Å²) in [4.78, 5) is 29.8. The summed E-state index contributed by atoms with van der Waals surface area (Å²) < 4.78 is 5.80. The molecule has 7 heteroatoms. The average Bonchev–Trinajstić information content (AvgIpc) is 2.49. The number of H-pyrrole nitrogens is 1. The summed E-state index contributed by atoms with van der Waals surface area (Å²) in [6.45, 7) is 6.44. The molecule has 0 saturated heterocycles. The van der Waals surface area contributed by atoms with Crippen molar-refractivity contribution in [3.8, 4) is 5.75 Å². The first-order chi connectivity index (χ1) is 10.8. The van der Waals surface area contributed by atoms with E-state index in [0.29, 0.717) is 23.2 Å². The van der Waals surface area contributed by atoms with E-state index in [9.17, 15) is 9.59 Å². The maximum absolute atomic E-state index is 12.1. The smallest absolute Gasteiger partial charge is 0.347 e. The topological polar surface area (TPSA) is 110 Å². The number of nitrogen functional groups attached to an aromatic ring is 1. The summed E-state index contributed by atoms with van der Waals surface area (Å²) in [5.41, 5.74) is 5.18. The molecule has 2 rings (SSSR count). The molecular weight excluding hydrogens is 296 g/mol. The van der Waals surface area contributed by atoms with E-state index in [2.05, 4.69) is 15.3 Å². The van der Waals surface area contributed by atoms with E-state index in [4.69, 9.17) is 10.5 Å². The van der Waals surface area contributed by atoms with E-state index in [1.807, 2.05) is 20.8 Å². The van der Waals surface area contributed by atoms with Gasteiger partial charge in [0, 0.05) is 6.54 Å². The molecule has 1 aromatic carbocycles. The predicted octanol–water partition coefficient (Wildman–Crippen LogP) is 1.44. The number of aromatic nitrogens is 2. The van der Waals surface area contributed by atoms with Crippen LogP contribution in [-0.4, -0.2) is 29.0 Å². The van der Waals surface area contributed by atoms with Crippen LogP contribution in [0.3, 0.4) is 0 Å². The van der Waals surface area contributed by atoms with Gasteiger partial charge in [-0.3, -0.25) is 4.79 Å². The lowest BCUT2D eigenvalue weighted by molar-refractivity contribution is -0.130. The van der Waals surface area contributed by atoms with Gasteiger partial charge in [-0.1, -0.05) is 13.0 Å². The highest BCUT2D eigenvalue weighted by Crippen LogP contribution is 2.29. The van der Waals surface area contributed by atoms with Crippen LogP contribution in [0, 0.1) is 5.41 Å². The number of rotatable bonds is 6. The Kier molecular flexibility index (Phi) is 4.88. The predicted molar refractivity (Wildman–Crippen MR) is 89.4 cm³/mol. The zero-order chi connectivity index (χ0) is 17.0. The summed E-state index contributed by atoms with van der Waals surface area (Å²) >= 11 is 0. The SMILES string of the molecule is CCCNC(=O)C(C)(C)COc1cccc2[nH]c(=O)nc(N)c12. The van der Waals surface area contributed by atoms with Gasteiger partial charge >= 0.3 is 5.69 Å². The second kappa shape index (κ2) is 6.68. The molecule has 0 fully saturated rings. The van der Waals surface area contributed by atoms with Crippen LogP contribution in [0.15, 0.2) is 23.0 Å². The molecule has 0 radical (unpaired) electrons. The molecule has 1 heterocycles. The van der Waals surface area contributed by atoms with Crippen LogP contribution in [0.4, 0.5) is 5.82 Å². The molecule has 0 saturated carbocycles. The minimum Gasteiger partial charge on any atom is -0.492 e. The number of hydrogen-bond acceptors (Lipinski definition) is 5. The van der Waals surface area contributed by atoms with Crippen molar-refractivity contribution in [3.63, 3.8) is 0 Å². The molecule has 124 valence electrons. The van der Waals surface area contributed by atoms with E-state index < -0.39 is 11.1 Å². The molecule has 2 aromatic rings. The summed E-state index contributed by atoms with van der Waals surface area (Å²) in [6.07, 6.45) is 0.877. The summed E-state index contributed by atoms with van der Waals surface area (Å²) in [5.74, 6) is 0.520.